The zero-order chi connectivity index (χ0) is 25.0. The molecule has 0 unspecified atom stereocenters. The summed E-state index contributed by atoms with van der Waals surface area (Å²) in [7, 11) is 0. The normalized spacial score (nSPS) is 10.9. The summed E-state index contributed by atoms with van der Waals surface area (Å²) in [5.74, 6) is -0.387. The second-order valence-corrected chi connectivity index (χ2v) is 8.45. The molecule has 34 heavy (non-hydrogen) atoms. The van der Waals surface area contributed by atoms with Crippen molar-refractivity contribution in [2.45, 2.75) is 58.9 Å². The van der Waals surface area contributed by atoms with Crippen LogP contribution in [0, 0.1) is 0 Å². The van der Waals surface area contributed by atoms with Crippen LogP contribution in [0.25, 0.3) is 11.1 Å². The minimum absolute atomic E-state index is 0.0889. The van der Waals surface area contributed by atoms with E-state index >= 15 is 0 Å². The maximum atomic E-state index is 11.9. The lowest BCUT2D eigenvalue weighted by atomic mass is 9.91. The molecule has 1 N–H and O–H groups in total. The van der Waals surface area contributed by atoms with E-state index in [1.807, 2.05) is 42.5 Å². The lowest BCUT2D eigenvalue weighted by molar-refractivity contribution is -0.150. The van der Waals surface area contributed by atoms with Gasteiger partial charge in [0.2, 0.25) is 5.91 Å². The Morgan fingerprint density at radius 2 is 1.53 bits per heavy atom. The first-order valence-electron chi connectivity index (χ1n) is 11.6. The Labute approximate surface area is 201 Å². The monoisotopic (exact) mass is 469 g/mol. The van der Waals surface area contributed by atoms with E-state index < -0.39 is 17.5 Å². The van der Waals surface area contributed by atoms with Crippen molar-refractivity contribution in [3.8, 4) is 16.9 Å². The number of unbranched alkanes of at least 4 members (excludes halogenated alkanes) is 1. The number of amides is 1. The third kappa shape index (κ3) is 9.25. The van der Waals surface area contributed by atoms with Gasteiger partial charge in [0.25, 0.3) is 0 Å². The van der Waals surface area contributed by atoms with Gasteiger partial charge in [-0.05, 0) is 48.1 Å². The fourth-order valence-electron chi connectivity index (χ4n) is 3.54. The molecule has 0 saturated heterocycles. The van der Waals surface area contributed by atoms with Crippen molar-refractivity contribution in [2.24, 2.45) is 0 Å². The molecule has 7 nitrogen and oxygen atoms in total. The van der Waals surface area contributed by atoms with E-state index in [1.165, 1.54) is 20.8 Å². The highest BCUT2D eigenvalue weighted by Gasteiger charge is 2.34. The minimum atomic E-state index is -1.02. The van der Waals surface area contributed by atoms with Crippen LogP contribution in [0.1, 0.15) is 52.5 Å². The van der Waals surface area contributed by atoms with Gasteiger partial charge < -0.3 is 19.5 Å². The Bertz CT molecular complexity index is 936. The Balaban J connectivity index is 2.16. The highest BCUT2D eigenvalue weighted by atomic mass is 16.5. The van der Waals surface area contributed by atoms with Gasteiger partial charge in [0.1, 0.15) is 24.5 Å². The maximum absolute atomic E-state index is 11.9. The van der Waals surface area contributed by atoms with Gasteiger partial charge in [-0.15, -0.1) is 0 Å². The van der Waals surface area contributed by atoms with E-state index in [2.05, 4.69) is 18.3 Å². The van der Waals surface area contributed by atoms with Crippen LogP contribution in [0.5, 0.6) is 5.75 Å². The van der Waals surface area contributed by atoms with Gasteiger partial charge in [0.15, 0.2) is 0 Å². The number of hydrogen-bond donors (Lipinski definition) is 1. The smallest absolute Gasteiger partial charge is 0.302 e. The standard InChI is InChI=1S/C27H35NO6/c1-5-6-16-32-26-12-10-24(11-13-26)25-9-7-8-23(17-25)14-15-27(28-20(2)29,18-33-21(3)30)19-34-22(4)31/h7-13,17H,5-6,14-16,18-19H2,1-4H3,(H,28,29). The maximum Gasteiger partial charge on any atom is 0.302 e. The molecule has 1 amide bonds. The number of rotatable bonds is 13. The number of carbonyl (C=O) groups excluding carboxylic acids is 3. The number of carbonyl (C=O) groups is 3. The van der Waals surface area contributed by atoms with E-state index in [9.17, 15) is 14.4 Å². The Morgan fingerprint density at radius 3 is 2.09 bits per heavy atom. The second kappa shape index (κ2) is 13.4. The second-order valence-electron chi connectivity index (χ2n) is 8.45. The van der Waals surface area contributed by atoms with E-state index in [1.54, 1.807) is 0 Å². The SMILES string of the molecule is CCCCOc1ccc(-c2cccc(CCC(COC(C)=O)(COC(C)=O)NC(C)=O)c2)cc1. The average molecular weight is 470 g/mol. The van der Waals surface area contributed by atoms with Crippen LogP contribution in [-0.2, 0) is 30.3 Å². The molecule has 0 aromatic heterocycles. The summed E-state index contributed by atoms with van der Waals surface area (Å²) in [6.45, 7) is 6.64. The predicted octanol–water partition coefficient (Wildman–Crippen LogP) is 4.47. The van der Waals surface area contributed by atoms with Gasteiger partial charge in [0.05, 0.1) is 6.61 Å². The van der Waals surface area contributed by atoms with Gasteiger partial charge in [-0.2, -0.15) is 0 Å². The number of nitrogens with one attached hydrogen (secondary N) is 1. The van der Waals surface area contributed by atoms with Gasteiger partial charge in [-0.25, -0.2) is 0 Å². The fraction of sp³-hybridized carbons (Fsp3) is 0.444. The molecule has 0 radical (unpaired) electrons. The third-order valence-corrected chi connectivity index (χ3v) is 5.32. The van der Waals surface area contributed by atoms with E-state index in [0.29, 0.717) is 19.4 Å². The van der Waals surface area contributed by atoms with Crippen LogP contribution in [-0.4, -0.2) is 43.2 Å². The number of esters is 2. The molecule has 0 spiro atoms. The zero-order valence-corrected chi connectivity index (χ0v) is 20.5. The third-order valence-electron chi connectivity index (χ3n) is 5.32. The van der Waals surface area contributed by atoms with Gasteiger partial charge in [-0.1, -0.05) is 49.7 Å². The summed E-state index contributed by atoms with van der Waals surface area (Å²) < 4.78 is 16.2. The summed E-state index contributed by atoms with van der Waals surface area (Å²) in [6, 6.07) is 16.1. The van der Waals surface area contributed by atoms with Crippen LogP contribution in [0.2, 0.25) is 0 Å². The van der Waals surface area contributed by atoms with Crippen LogP contribution >= 0.6 is 0 Å². The molecule has 2 aromatic carbocycles. The summed E-state index contributed by atoms with van der Waals surface area (Å²) in [5.41, 5.74) is 2.15. The number of hydrogen-bond acceptors (Lipinski definition) is 6. The molecule has 0 aliphatic carbocycles. The average Bonchev–Trinajstić information content (AvgIpc) is 2.80. The van der Waals surface area contributed by atoms with E-state index in [-0.39, 0.29) is 19.1 Å². The van der Waals surface area contributed by atoms with Crippen molar-refractivity contribution in [2.75, 3.05) is 19.8 Å². The molecule has 184 valence electrons. The number of ether oxygens (including phenoxy) is 3. The number of aryl methyl sites for hydroxylation is 1. The molecule has 7 heteroatoms. The summed E-state index contributed by atoms with van der Waals surface area (Å²) in [5, 5.41) is 2.84. The molecular formula is C27H35NO6. The van der Waals surface area contributed by atoms with Crippen molar-refractivity contribution in [1.29, 1.82) is 0 Å². The summed E-state index contributed by atoms with van der Waals surface area (Å²) in [4.78, 5) is 34.8. The van der Waals surface area contributed by atoms with E-state index in [4.69, 9.17) is 14.2 Å². The predicted molar refractivity (Wildman–Crippen MR) is 130 cm³/mol. The fourth-order valence-corrected chi connectivity index (χ4v) is 3.54. The van der Waals surface area contributed by atoms with Crippen molar-refractivity contribution >= 4 is 17.8 Å². The minimum Gasteiger partial charge on any atom is -0.494 e. The highest BCUT2D eigenvalue weighted by molar-refractivity contribution is 5.74. The van der Waals surface area contributed by atoms with E-state index in [0.717, 1.165) is 35.3 Å². The molecule has 0 aliphatic rings. The van der Waals surface area contributed by atoms with Crippen LogP contribution < -0.4 is 10.1 Å². The molecule has 0 fully saturated rings. The topological polar surface area (TPSA) is 90.9 Å². The molecule has 2 aromatic rings. The Hall–Kier alpha value is -3.35. The summed E-state index contributed by atoms with van der Waals surface area (Å²) >= 11 is 0. The molecule has 0 saturated carbocycles. The van der Waals surface area contributed by atoms with Crippen LogP contribution in [0.3, 0.4) is 0 Å². The molecule has 0 heterocycles. The first-order chi connectivity index (χ1) is 16.2. The quantitative estimate of drug-likeness (QED) is 0.344. The van der Waals surface area contributed by atoms with Crippen LogP contribution in [0.15, 0.2) is 48.5 Å². The Morgan fingerprint density at radius 1 is 0.882 bits per heavy atom. The number of benzene rings is 2. The zero-order valence-electron chi connectivity index (χ0n) is 20.5. The first-order valence-corrected chi connectivity index (χ1v) is 11.6. The van der Waals surface area contributed by atoms with Gasteiger partial charge in [-0.3, -0.25) is 14.4 Å². The lowest BCUT2D eigenvalue weighted by Crippen LogP contribution is -2.55. The van der Waals surface area contributed by atoms with Crippen molar-refractivity contribution in [1.82, 2.24) is 5.32 Å². The van der Waals surface area contributed by atoms with Crippen molar-refractivity contribution < 1.29 is 28.6 Å². The lowest BCUT2D eigenvalue weighted by Gasteiger charge is -2.33. The van der Waals surface area contributed by atoms with Crippen molar-refractivity contribution in [3.05, 3.63) is 54.1 Å². The van der Waals surface area contributed by atoms with Crippen molar-refractivity contribution in [3.63, 3.8) is 0 Å². The Kier molecular flexibility index (Phi) is 10.6. The molecule has 0 aliphatic heterocycles. The largest absolute Gasteiger partial charge is 0.494 e. The molecular weight excluding hydrogens is 434 g/mol. The summed E-state index contributed by atoms with van der Waals surface area (Å²) in [6.07, 6.45) is 3.12. The van der Waals surface area contributed by atoms with Gasteiger partial charge >= 0.3 is 11.9 Å². The molecule has 2 rings (SSSR count). The van der Waals surface area contributed by atoms with Crippen LogP contribution in [0.4, 0.5) is 0 Å². The first kappa shape index (κ1) is 26.9. The molecule has 0 bridgehead atoms. The molecule has 0 atom stereocenters. The highest BCUT2D eigenvalue weighted by Crippen LogP contribution is 2.25. The van der Waals surface area contributed by atoms with Gasteiger partial charge in [0, 0.05) is 20.8 Å².